The summed E-state index contributed by atoms with van der Waals surface area (Å²) in [6, 6.07) is -0.114. The zero-order chi connectivity index (χ0) is 32.4. The van der Waals surface area contributed by atoms with E-state index in [0.29, 0.717) is 24.7 Å². The van der Waals surface area contributed by atoms with Gasteiger partial charge >= 0.3 is 5.97 Å². The van der Waals surface area contributed by atoms with E-state index in [0.717, 1.165) is 26.2 Å². The van der Waals surface area contributed by atoms with Crippen LogP contribution in [0.3, 0.4) is 0 Å². The van der Waals surface area contributed by atoms with Gasteiger partial charge in [0, 0.05) is 57.2 Å². The van der Waals surface area contributed by atoms with Gasteiger partial charge in [0.05, 0.1) is 17.8 Å². The first-order valence-electron chi connectivity index (χ1n) is 16.3. The Bertz CT molecular complexity index is 939. The lowest BCUT2D eigenvalue weighted by Gasteiger charge is -2.48. The van der Waals surface area contributed by atoms with Crippen LogP contribution in [0.4, 0.5) is 0 Å². The van der Waals surface area contributed by atoms with Gasteiger partial charge in [-0.05, 0) is 73.5 Å². The fourth-order valence-electron chi connectivity index (χ4n) is 7.58. The van der Waals surface area contributed by atoms with Crippen LogP contribution in [0.25, 0.3) is 0 Å². The van der Waals surface area contributed by atoms with Crippen molar-refractivity contribution in [3.63, 3.8) is 0 Å². The second kappa shape index (κ2) is 14.5. The highest BCUT2D eigenvalue weighted by atomic mass is 16.7. The Morgan fingerprint density at radius 1 is 1.09 bits per heavy atom. The first-order valence-corrected chi connectivity index (χ1v) is 16.3. The highest BCUT2D eigenvalue weighted by molar-refractivity contribution is 6.04. The second-order valence-electron chi connectivity index (χ2n) is 15.2. The lowest BCUT2D eigenvalue weighted by atomic mass is 9.74. The molecule has 0 aromatic heterocycles. The zero-order valence-corrected chi connectivity index (χ0v) is 29.0. The van der Waals surface area contributed by atoms with Gasteiger partial charge in [-0.15, -0.1) is 0 Å². The molecule has 3 rings (SSSR count). The van der Waals surface area contributed by atoms with Gasteiger partial charge in [-0.1, -0.05) is 27.7 Å². The molecule has 3 fully saturated rings. The molecule has 43 heavy (non-hydrogen) atoms. The van der Waals surface area contributed by atoms with Gasteiger partial charge in [-0.3, -0.25) is 14.5 Å². The fourth-order valence-corrected chi connectivity index (χ4v) is 7.58. The minimum atomic E-state index is -1.40. The van der Waals surface area contributed by atoms with E-state index in [-0.39, 0.29) is 36.5 Å². The number of Topliss-reactive ketones (excluding diaryl/α,β-unsaturated/α-hetero) is 1. The number of aliphatic hydroxyl groups is 1. The van der Waals surface area contributed by atoms with Crippen LogP contribution in [-0.4, -0.2) is 135 Å². The number of likely N-dealkylation sites (tertiary alicyclic amines) is 1. The summed E-state index contributed by atoms with van der Waals surface area (Å²) in [6.07, 6.45) is -1.53. The van der Waals surface area contributed by atoms with E-state index in [2.05, 4.69) is 37.6 Å². The summed E-state index contributed by atoms with van der Waals surface area (Å²) in [5, 5.41) is 11.3. The Kier molecular flexibility index (Phi) is 12.3. The van der Waals surface area contributed by atoms with Crippen molar-refractivity contribution < 1.29 is 33.6 Å². The van der Waals surface area contributed by atoms with E-state index >= 15 is 0 Å². The van der Waals surface area contributed by atoms with E-state index in [1.54, 1.807) is 27.9 Å². The average Bonchev–Trinajstić information content (AvgIpc) is 2.89. The molecule has 1 N–H and O–H groups in total. The van der Waals surface area contributed by atoms with Gasteiger partial charge in [0.2, 0.25) is 0 Å². The monoisotopic (exact) mass is 611 g/mol. The first kappa shape index (κ1) is 36.3. The Morgan fingerprint density at radius 3 is 2.28 bits per heavy atom. The summed E-state index contributed by atoms with van der Waals surface area (Å²) in [6.45, 7) is 19.7. The molecule has 0 bridgehead atoms. The number of carbonyl (C=O) groups is 2. The predicted molar refractivity (Wildman–Crippen MR) is 167 cm³/mol. The molecule has 0 aromatic rings. The molecule has 0 aliphatic carbocycles. The Balaban J connectivity index is 1.94. The van der Waals surface area contributed by atoms with Crippen molar-refractivity contribution in [1.29, 1.82) is 0 Å². The Morgan fingerprint density at radius 2 is 1.72 bits per heavy atom. The minimum Gasteiger partial charge on any atom is -0.463 e. The van der Waals surface area contributed by atoms with Crippen molar-refractivity contribution in [2.24, 2.45) is 29.1 Å². The molecular weight excluding hydrogens is 550 g/mol. The fraction of sp³-hybridized carbons (Fsp3) is 0.939. The molecule has 0 unspecified atom stereocenters. The normalized spacial score (nSPS) is 39.6. The molecule has 0 saturated carbocycles. The number of cyclic esters (lactones) is 1. The van der Waals surface area contributed by atoms with Crippen molar-refractivity contribution >= 4 is 11.8 Å². The largest absolute Gasteiger partial charge is 0.463 e. The number of hydrogen-bond acceptors (Lipinski definition) is 10. The lowest BCUT2D eigenvalue weighted by Crippen LogP contribution is -2.59. The average molecular weight is 612 g/mol. The molecule has 3 heterocycles. The van der Waals surface area contributed by atoms with E-state index in [4.69, 9.17) is 18.9 Å². The number of esters is 1. The predicted octanol–water partition coefficient (Wildman–Crippen LogP) is 2.91. The van der Waals surface area contributed by atoms with E-state index in [1.807, 2.05) is 32.8 Å². The number of hydrogen-bond donors (Lipinski definition) is 1. The topological polar surface area (TPSA) is 101 Å². The molecule has 250 valence electrons. The van der Waals surface area contributed by atoms with Crippen LogP contribution in [0, 0.1) is 29.1 Å². The van der Waals surface area contributed by atoms with E-state index in [1.165, 1.54) is 0 Å². The Labute approximate surface area is 260 Å². The summed E-state index contributed by atoms with van der Waals surface area (Å²) in [5.74, 6) is -0.389. The summed E-state index contributed by atoms with van der Waals surface area (Å²) in [4.78, 5) is 34.5. The third-order valence-corrected chi connectivity index (χ3v) is 10.1. The quantitative estimate of drug-likeness (QED) is 0.342. The van der Waals surface area contributed by atoms with Gasteiger partial charge < -0.3 is 33.9 Å². The summed E-state index contributed by atoms with van der Waals surface area (Å²) in [7, 11) is 7.61. The van der Waals surface area contributed by atoms with Crippen LogP contribution >= 0.6 is 0 Å². The van der Waals surface area contributed by atoms with Gasteiger partial charge in [0.15, 0.2) is 12.1 Å². The molecule has 3 aliphatic heterocycles. The molecule has 0 spiro atoms. The number of likely N-dealkylation sites (N-methyl/N-ethyl adjacent to an activating group) is 2. The van der Waals surface area contributed by atoms with Crippen LogP contribution in [0.15, 0.2) is 0 Å². The number of ketones is 1. The lowest BCUT2D eigenvalue weighted by molar-refractivity contribution is -0.295. The third kappa shape index (κ3) is 8.37. The van der Waals surface area contributed by atoms with Crippen LogP contribution in [0.1, 0.15) is 68.2 Å². The van der Waals surface area contributed by atoms with Crippen molar-refractivity contribution in [3.8, 4) is 0 Å². The maximum Gasteiger partial charge on any atom is 0.319 e. The van der Waals surface area contributed by atoms with Crippen LogP contribution in [-0.2, 0) is 28.5 Å². The number of ether oxygens (including phenoxy) is 4. The highest BCUT2D eigenvalue weighted by Gasteiger charge is 2.52. The van der Waals surface area contributed by atoms with Crippen LogP contribution in [0.2, 0.25) is 0 Å². The molecule has 3 aliphatic rings. The maximum atomic E-state index is 14.2. The van der Waals surface area contributed by atoms with Gasteiger partial charge in [0.25, 0.3) is 0 Å². The summed E-state index contributed by atoms with van der Waals surface area (Å²) >= 11 is 0. The number of carbonyl (C=O) groups excluding carboxylic acids is 2. The summed E-state index contributed by atoms with van der Waals surface area (Å²) in [5.41, 5.74) is -2.30. The SMILES string of the molecule is CO[C@]1(C)C[C@@H](C)CN(C)[C@H](C2CN(CC(C)C)C2)COC(=O)C(C)(C)C(=O)[C@H](C)[C@H]1O[C@@H]1O[C@H](C)C[C@H](N(C)C)[C@H]1O. The molecule has 3 saturated heterocycles. The number of rotatable bonds is 7. The highest BCUT2D eigenvalue weighted by Crippen LogP contribution is 2.38. The number of methoxy groups -OCH3 is 1. The van der Waals surface area contributed by atoms with E-state index < -0.39 is 41.4 Å². The van der Waals surface area contributed by atoms with Gasteiger partial charge in [-0.25, -0.2) is 0 Å². The second-order valence-corrected chi connectivity index (χ2v) is 15.2. The first-order chi connectivity index (χ1) is 19.9. The zero-order valence-electron chi connectivity index (χ0n) is 29.0. The van der Waals surface area contributed by atoms with Crippen LogP contribution < -0.4 is 0 Å². The Hall–Kier alpha value is -1.14. The van der Waals surface area contributed by atoms with Gasteiger partial charge in [-0.2, -0.15) is 0 Å². The van der Waals surface area contributed by atoms with Crippen molar-refractivity contribution in [3.05, 3.63) is 0 Å². The molecular formula is C33H61N3O7. The maximum absolute atomic E-state index is 14.2. The van der Waals surface area contributed by atoms with Crippen molar-refractivity contribution in [2.75, 3.05) is 61.0 Å². The van der Waals surface area contributed by atoms with Crippen molar-refractivity contribution in [1.82, 2.24) is 14.7 Å². The van der Waals surface area contributed by atoms with Crippen LogP contribution in [0.5, 0.6) is 0 Å². The minimum absolute atomic E-state index is 0.0509. The third-order valence-electron chi connectivity index (χ3n) is 10.1. The standard InChI is InChI=1S/C33H61N3O7/c1-20(2)15-36-17-24(18-36)26-19-41-31(39)32(6,7)28(38)23(5)29(33(8,40-12)14-21(3)16-35(26)11)43-30-27(37)25(34(9)10)13-22(4)42-30/h20-27,29-30,37H,13-19H2,1-12H3/t21-,22-,23+,25+,26+,27-,29-,30+,33-/m1/s1. The summed E-state index contributed by atoms with van der Waals surface area (Å²) < 4.78 is 24.9. The molecule has 10 nitrogen and oxygen atoms in total. The number of aliphatic hydroxyl groups excluding tert-OH is 1. The molecule has 0 aromatic carbocycles. The van der Waals surface area contributed by atoms with Crippen molar-refractivity contribution in [2.45, 2.75) is 111 Å². The molecule has 9 atom stereocenters. The van der Waals surface area contributed by atoms with Gasteiger partial charge in [0.1, 0.15) is 18.1 Å². The van der Waals surface area contributed by atoms with E-state index in [9.17, 15) is 14.7 Å². The number of nitrogens with zero attached hydrogens (tertiary/aromatic N) is 3. The molecule has 0 amide bonds. The molecule has 10 heteroatoms. The molecule has 0 radical (unpaired) electrons. The smallest absolute Gasteiger partial charge is 0.319 e.